The fraction of sp³-hybridized carbons (Fsp3) is 0.321. The average molecular weight is 706 g/mol. The van der Waals surface area contributed by atoms with E-state index in [9.17, 15) is 0 Å². The second kappa shape index (κ2) is 11.1. The summed E-state index contributed by atoms with van der Waals surface area (Å²) < 4.78 is 0. The second-order valence-electron chi connectivity index (χ2n) is 19.9. The van der Waals surface area contributed by atoms with E-state index in [1.807, 2.05) is 0 Å². The molecule has 3 aliphatic carbocycles. The minimum absolute atomic E-state index is 0.0170. The molecule has 6 aromatic carbocycles. The van der Waals surface area contributed by atoms with Gasteiger partial charge in [-0.3, -0.25) is 0 Å². The fourth-order valence-electron chi connectivity index (χ4n) is 10.2. The van der Waals surface area contributed by atoms with Gasteiger partial charge in [-0.05, 0) is 125 Å². The van der Waals surface area contributed by atoms with E-state index in [-0.39, 0.29) is 27.1 Å². The lowest BCUT2D eigenvalue weighted by Gasteiger charge is -2.33. The maximum absolute atomic E-state index is 2.53. The number of hydrogen-bond acceptors (Lipinski definition) is 1. The van der Waals surface area contributed by atoms with Gasteiger partial charge in [0, 0.05) is 33.3 Å². The topological polar surface area (TPSA) is 3.24 Å². The number of rotatable bonds is 3. The summed E-state index contributed by atoms with van der Waals surface area (Å²) in [7, 11) is 0. The lowest BCUT2D eigenvalue weighted by atomic mass is 9.71. The normalized spacial score (nSPS) is 16.6. The largest absolute Gasteiger partial charge is 0.310 e. The summed E-state index contributed by atoms with van der Waals surface area (Å²) in [6, 6.07) is 44.6. The maximum Gasteiger partial charge on any atom is 0.0465 e. The highest BCUT2D eigenvalue weighted by Crippen LogP contribution is 2.56. The van der Waals surface area contributed by atoms with Gasteiger partial charge in [0.1, 0.15) is 0 Å². The maximum atomic E-state index is 2.53. The van der Waals surface area contributed by atoms with Crippen LogP contribution in [0.5, 0.6) is 0 Å². The zero-order chi connectivity index (χ0) is 38.3. The minimum atomic E-state index is -0.158. The highest BCUT2D eigenvalue weighted by atomic mass is 15.1. The van der Waals surface area contributed by atoms with Crippen LogP contribution in [0.1, 0.15) is 128 Å². The van der Waals surface area contributed by atoms with Crippen LogP contribution < -0.4 is 4.90 Å². The third-order valence-corrected chi connectivity index (χ3v) is 13.3. The molecule has 0 heterocycles. The predicted octanol–water partition coefficient (Wildman–Crippen LogP) is 14.7. The Kier molecular flexibility index (Phi) is 7.16. The smallest absolute Gasteiger partial charge is 0.0465 e. The number of anilines is 3. The average Bonchev–Trinajstić information content (AvgIpc) is 3.60. The van der Waals surface area contributed by atoms with Gasteiger partial charge in [0.05, 0.1) is 0 Å². The van der Waals surface area contributed by atoms with Gasteiger partial charge in [-0.25, -0.2) is 0 Å². The van der Waals surface area contributed by atoms with Crippen molar-refractivity contribution < 1.29 is 0 Å². The summed E-state index contributed by atoms with van der Waals surface area (Å²) in [4.78, 5) is 2.53. The van der Waals surface area contributed by atoms with Crippen molar-refractivity contribution in [3.8, 4) is 33.4 Å². The number of hydrogen-bond donors (Lipinski definition) is 0. The van der Waals surface area contributed by atoms with E-state index in [1.54, 1.807) is 0 Å². The van der Waals surface area contributed by atoms with E-state index in [2.05, 4.69) is 203 Å². The Morgan fingerprint density at radius 2 is 0.759 bits per heavy atom. The highest BCUT2D eigenvalue weighted by Gasteiger charge is 2.42. The van der Waals surface area contributed by atoms with Gasteiger partial charge in [0.25, 0.3) is 0 Å². The number of fused-ring (bicyclic) bond motifs is 9. The van der Waals surface area contributed by atoms with E-state index in [4.69, 9.17) is 0 Å². The number of benzene rings is 6. The monoisotopic (exact) mass is 705 g/mol. The van der Waals surface area contributed by atoms with Gasteiger partial charge in [-0.15, -0.1) is 0 Å². The third-order valence-electron chi connectivity index (χ3n) is 13.3. The fourth-order valence-corrected chi connectivity index (χ4v) is 10.2. The summed E-state index contributed by atoms with van der Waals surface area (Å²) in [5.74, 6) is 0. The zero-order valence-electron chi connectivity index (χ0n) is 34.4. The van der Waals surface area contributed by atoms with Crippen molar-refractivity contribution in [1.29, 1.82) is 0 Å². The molecule has 0 radical (unpaired) electrons. The summed E-state index contributed by atoms with van der Waals surface area (Å²) in [5.41, 5.74) is 22.8. The molecule has 0 spiro atoms. The summed E-state index contributed by atoms with van der Waals surface area (Å²) >= 11 is 0. The molecule has 0 atom stereocenters. The zero-order valence-corrected chi connectivity index (χ0v) is 34.4. The molecule has 54 heavy (non-hydrogen) atoms. The first-order valence-corrected chi connectivity index (χ1v) is 19.9. The minimum Gasteiger partial charge on any atom is -0.310 e. The van der Waals surface area contributed by atoms with Crippen LogP contribution in [-0.2, 0) is 27.1 Å². The van der Waals surface area contributed by atoms with E-state index in [0.29, 0.717) is 0 Å². The van der Waals surface area contributed by atoms with Crippen LogP contribution in [0.2, 0.25) is 0 Å². The molecule has 6 aromatic rings. The van der Waals surface area contributed by atoms with Gasteiger partial charge in [-0.1, -0.05) is 162 Å². The molecule has 0 amide bonds. The van der Waals surface area contributed by atoms with E-state index in [1.165, 1.54) is 95.0 Å². The first-order chi connectivity index (χ1) is 25.3. The van der Waals surface area contributed by atoms with Crippen molar-refractivity contribution in [2.45, 2.75) is 110 Å². The van der Waals surface area contributed by atoms with Gasteiger partial charge < -0.3 is 4.90 Å². The van der Waals surface area contributed by atoms with Crippen LogP contribution in [-0.4, -0.2) is 0 Å². The molecule has 272 valence electrons. The molecule has 0 saturated heterocycles. The molecule has 0 fully saturated rings. The predicted molar refractivity (Wildman–Crippen MR) is 231 cm³/mol. The lowest BCUT2D eigenvalue weighted by Crippen LogP contribution is -2.25. The first kappa shape index (κ1) is 34.9. The third kappa shape index (κ3) is 4.83. The molecule has 0 N–H and O–H groups in total. The van der Waals surface area contributed by atoms with E-state index >= 15 is 0 Å². The van der Waals surface area contributed by atoms with Crippen LogP contribution in [0.25, 0.3) is 33.4 Å². The van der Waals surface area contributed by atoms with Crippen LogP contribution in [0.3, 0.4) is 0 Å². The molecule has 0 aromatic heterocycles. The SMILES string of the molecule is CC(C)(C)c1cc2c(c(C(C)(C)C)c1)C(C)(C)c1cc(N(c3ccc4c(c3)C(C)(C)c3ccccc3-4)c3ccc4c(c3)C(C)(C)c3ccccc3-4)ccc1-2. The van der Waals surface area contributed by atoms with Crippen molar-refractivity contribution in [3.05, 3.63) is 160 Å². The van der Waals surface area contributed by atoms with E-state index in [0.717, 1.165) is 0 Å². The Bertz CT molecular complexity index is 2430. The molecule has 0 aliphatic heterocycles. The first-order valence-electron chi connectivity index (χ1n) is 19.9. The standard InChI is InChI=1S/C53H55N/c1-49(2,3)32-27-41-40-26-23-35(31-46(40)53(11,12)48(41)47(28-32)50(4,5)6)54(33-21-24-38-36-17-13-15-19-42(36)51(7,8)44(38)29-33)34-22-25-39-37-18-14-16-20-43(37)52(9,10)45(39)30-34/h13-31H,1-12H3. The molecular formula is C53H55N. The summed E-state index contributed by atoms with van der Waals surface area (Å²) in [6.45, 7) is 28.6. The molecular weight excluding hydrogens is 651 g/mol. The number of nitrogens with zero attached hydrogens (tertiary/aromatic N) is 1. The summed E-state index contributed by atoms with van der Waals surface area (Å²) in [5, 5.41) is 0. The van der Waals surface area contributed by atoms with Crippen molar-refractivity contribution in [2.24, 2.45) is 0 Å². The Hall–Kier alpha value is -4.88. The van der Waals surface area contributed by atoms with Gasteiger partial charge in [0.15, 0.2) is 0 Å². The van der Waals surface area contributed by atoms with Gasteiger partial charge in [0.2, 0.25) is 0 Å². The van der Waals surface area contributed by atoms with Gasteiger partial charge in [-0.2, -0.15) is 0 Å². The van der Waals surface area contributed by atoms with Crippen molar-refractivity contribution in [3.63, 3.8) is 0 Å². The Labute approximate surface area is 324 Å². The van der Waals surface area contributed by atoms with Crippen LogP contribution >= 0.6 is 0 Å². The highest BCUT2D eigenvalue weighted by molar-refractivity contribution is 5.91. The Morgan fingerprint density at radius 1 is 0.370 bits per heavy atom. The quantitative estimate of drug-likeness (QED) is 0.177. The molecule has 1 nitrogen and oxygen atoms in total. The Morgan fingerprint density at radius 3 is 1.19 bits per heavy atom. The summed E-state index contributed by atoms with van der Waals surface area (Å²) in [6.07, 6.45) is 0. The molecule has 0 unspecified atom stereocenters. The molecule has 0 bridgehead atoms. The molecule has 3 aliphatic rings. The van der Waals surface area contributed by atoms with Gasteiger partial charge >= 0.3 is 0 Å². The van der Waals surface area contributed by atoms with E-state index < -0.39 is 0 Å². The van der Waals surface area contributed by atoms with Crippen LogP contribution in [0.15, 0.2) is 115 Å². The van der Waals surface area contributed by atoms with Crippen LogP contribution in [0, 0.1) is 0 Å². The van der Waals surface area contributed by atoms with Crippen molar-refractivity contribution in [1.82, 2.24) is 0 Å². The molecule has 0 saturated carbocycles. The van der Waals surface area contributed by atoms with Crippen molar-refractivity contribution in [2.75, 3.05) is 4.90 Å². The molecule has 9 rings (SSSR count). The molecule has 1 heteroatoms. The van der Waals surface area contributed by atoms with Crippen LogP contribution in [0.4, 0.5) is 17.1 Å². The van der Waals surface area contributed by atoms with Crippen molar-refractivity contribution >= 4 is 17.1 Å². The lowest BCUT2D eigenvalue weighted by molar-refractivity contribution is 0.545. The Balaban J connectivity index is 1.26. The second-order valence-corrected chi connectivity index (χ2v) is 19.9.